The number of morpholine rings is 1. The third-order valence-electron chi connectivity index (χ3n) is 2.79. The van der Waals surface area contributed by atoms with E-state index in [9.17, 15) is 4.79 Å². The van der Waals surface area contributed by atoms with Crippen LogP contribution >= 0.6 is 0 Å². The van der Waals surface area contributed by atoms with E-state index in [1.165, 1.54) is 5.56 Å². The molecule has 1 saturated heterocycles. The van der Waals surface area contributed by atoms with Crippen LogP contribution in [0.5, 0.6) is 0 Å². The molecule has 0 spiro atoms. The lowest BCUT2D eigenvalue weighted by Crippen LogP contribution is -2.51. The molecule has 1 heterocycles. The SMILES string of the molecule is Cc1cccc(CNC(=O)C2COCCN2)c1. The number of hydrogen-bond donors (Lipinski definition) is 2. The Labute approximate surface area is 101 Å². The van der Waals surface area contributed by atoms with E-state index in [1.54, 1.807) is 0 Å². The van der Waals surface area contributed by atoms with Crippen LogP contribution in [-0.4, -0.2) is 31.7 Å². The van der Waals surface area contributed by atoms with Crippen LogP contribution in [0.2, 0.25) is 0 Å². The maximum absolute atomic E-state index is 11.8. The molecule has 0 radical (unpaired) electrons. The van der Waals surface area contributed by atoms with Crippen molar-refractivity contribution in [3.63, 3.8) is 0 Å². The molecule has 1 aliphatic heterocycles. The quantitative estimate of drug-likeness (QED) is 0.805. The topological polar surface area (TPSA) is 50.4 Å². The molecule has 0 aliphatic carbocycles. The second-order valence-electron chi connectivity index (χ2n) is 4.29. The van der Waals surface area contributed by atoms with Gasteiger partial charge in [-0.05, 0) is 12.5 Å². The van der Waals surface area contributed by atoms with Crippen LogP contribution in [0.15, 0.2) is 24.3 Å². The van der Waals surface area contributed by atoms with Gasteiger partial charge in [0, 0.05) is 13.1 Å². The highest BCUT2D eigenvalue weighted by Crippen LogP contribution is 2.03. The fourth-order valence-electron chi connectivity index (χ4n) is 1.87. The fourth-order valence-corrected chi connectivity index (χ4v) is 1.87. The van der Waals surface area contributed by atoms with Gasteiger partial charge in [0.1, 0.15) is 6.04 Å². The molecule has 1 amide bonds. The highest BCUT2D eigenvalue weighted by atomic mass is 16.5. The first kappa shape index (κ1) is 12.1. The summed E-state index contributed by atoms with van der Waals surface area (Å²) in [4.78, 5) is 11.8. The summed E-state index contributed by atoms with van der Waals surface area (Å²) in [6.07, 6.45) is 0. The highest BCUT2D eigenvalue weighted by Gasteiger charge is 2.20. The van der Waals surface area contributed by atoms with Gasteiger partial charge in [0.25, 0.3) is 0 Å². The smallest absolute Gasteiger partial charge is 0.239 e. The predicted octanol–water partition coefficient (Wildman–Crippen LogP) is 0.600. The van der Waals surface area contributed by atoms with E-state index in [2.05, 4.69) is 16.7 Å². The number of carbonyl (C=O) groups is 1. The largest absolute Gasteiger partial charge is 0.378 e. The molecule has 0 saturated carbocycles. The zero-order chi connectivity index (χ0) is 12.1. The van der Waals surface area contributed by atoms with E-state index in [1.807, 2.05) is 25.1 Å². The molecular weight excluding hydrogens is 216 g/mol. The normalized spacial score (nSPS) is 19.9. The van der Waals surface area contributed by atoms with Crippen LogP contribution in [0.1, 0.15) is 11.1 Å². The second kappa shape index (κ2) is 5.80. The van der Waals surface area contributed by atoms with E-state index >= 15 is 0 Å². The van der Waals surface area contributed by atoms with Gasteiger partial charge in [-0.3, -0.25) is 4.79 Å². The number of aryl methyl sites for hydroxylation is 1. The molecular formula is C13H18N2O2. The first-order chi connectivity index (χ1) is 8.25. The van der Waals surface area contributed by atoms with Crippen molar-refractivity contribution in [1.82, 2.24) is 10.6 Å². The second-order valence-corrected chi connectivity index (χ2v) is 4.29. The molecule has 1 aromatic carbocycles. The lowest BCUT2D eigenvalue weighted by molar-refractivity contribution is -0.126. The number of nitrogens with one attached hydrogen (secondary N) is 2. The number of benzene rings is 1. The van der Waals surface area contributed by atoms with Gasteiger partial charge < -0.3 is 15.4 Å². The zero-order valence-corrected chi connectivity index (χ0v) is 10.0. The maximum Gasteiger partial charge on any atom is 0.239 e. The fraction of sp³-hybridized carbons (Fsp3) is 0.462. The van der Waals surface area contributed by atoms with E-state index in [4.69, 9.17) is 4.74 Å². The van der Waals surface area contributed by atoms with Crippen LogP contribution in [0, 0.1) is 6.92 Å². The van der Waals surface area contributed by atoms with Gasteiger partial charge in [0.15, 0.2) is 0 Å². The predicted molar refractivity (Wildman–Crippen MR) is 65.6 cm³/mol. The summed E-state index contributed by atoms with van der Waals surface area (Å²) in [5, 5.41) is 6.04. The Morgan fingerprint density at radius 1 is 1.59 bits per heavy atom. The molecule has 4 nitrogen and oxygen atoms in total. The minimum Gasteiger partial charge on any atom is -0.378 e. The van der Waals surface area contributed by atoms with Crippen molar-refractivity contribution < 1.29 is 9.53 Å². The Kier molecular flexibility index (Phi) is 4.12. The van der Waals surface area contributed by atoms with Gasteiger partial charge in [-0.1, -0.05) is 29.8 Å². The monoisotopic (exact) mass is 234 g/mol. The number of rotatable bonds is 3. The minimum atomic E-state index is -0.214. The molecule has 17 heavy (non-hydrogen) atoms. The standard InChI is InChI=1S/C13H18N2O2/c1-10-3-2-4-11(7-10)8-15-13(16)12-9-17-6-5-14-12/h2-4,7,12,14H,5-6,8-9H2,1H3,(H,15,16). The van der Waals surface area contributed by atoms with Gasteiger partial charge in [-0.15, -0.1) is 0 Å². The van der Waals surface area contributed by atoms with Crippen molar-refractivity contribution in [3.8, 4) is 0 Å². The molecule has 2 N–H and O–H groups in total. The molecule has 1 aliphatic rings. The molecule has 1 fully saturated rings. The van der Waals surface area contributed by atoms with Crippen LogP contribution in [-0.2, 0) is 16.1 Å². The average molecular weight is 234 g/mol. The Morgan fingerprint density at radius 3 is 3.18 bits per heavy atom. The molecule has 1 atom stereocenters. The summed E-state index contributed by atoms with van der Waals surface area (Å²) < 4.78 is 5.25. The molecule has 1 unspecified atom stereocenters. The van der Waals surface area contributed by atoms with E-state index < -0.39 is 0 Å². The molecule has 0 aromatic heterocycles. The molecule has 92 valence electrons. The first-order valence-corrected chi connectivity index (χ1v) is 5.90. The summed E-state index contributed by atoms with van der Waals surface area (Å²) in [5.41, 5.74) is 2.32. The molecule has 2 rings (SSSR count). The molecule has 0 bridgehead atoms. The van der Waals surface area contributed by atoms with Gasteiger partial charge in [-0.2, -0.15) is 0 Å². The third kappa shape index (κ3) is 3.54. The Balaban J connectivity index is 1.83. The van der Waals surface area contributed by atoms with E-state index in [-0.39, 0.29) is 11.9 Å². The highest BCUT2D eigenvalue weighted by molar-refractivity contribution is 5.81. The Bertz CT molecular complexity index is 387. The van der Waals surface area contributed by atoms with Gasteiger partial charge in [0.2, 0.25) is 5.91 Å². The summed E-state index contributed by atoms with van der Waals surface area (Å²) in [6, 6.07) is 7.91. The Hall–Kier alpha value is -1.39. The van der Waals surface area contributed by atoms with E-state index in [0.29, 0.717) is 19.8 Å². The lowest BCUT2D eigenvalue weighted by atomic mass is 10.1. The summed E-state index contributed by atoms with van der Waals surface area (Å²) >= 11 is 0. The zero-order valence-electron chi connectivity index (χ0n) is 10.0. The van der Waals surface area contributed by atoms with Crippen LogP contribution < -0.4 is 10.6 Å². The maximum atomic E-state index is 11.8. The van der Waals surface area contributed by atoms with Crippen LogP contribution in [0.3, 0.4) is 0 Å². The third-order valence-corrected chi connectivity index (χ3v) is 2.79. The van der Waals surface area contributed by atoms with E-state index in [0.717, 1.165) is 12.1 Å². The Morgan fingerprint density at radius 2 is 2.47 bits per heavy atom. The van der Waals surface area contributed by atoms with Crippen molar-refractivity contribution in [2.24, 2.45) is 0 Å². The number of carbonyl (C=O) groups excluding carboxylic acids is 1. The van der Waals surface area contributed by atoms with Gasteiger partial charge >= 0.3 is 0 Å². The number of hydrogen-bond acceptors (Lipinski definition) is 3. The average Bonchev–Trinajstić information content (AvgIpc) is 2.37. The van der Waals surface area contributed by atoms with Crippen molar-refractivity contribution in [2.45, 2.75) is 19.5 Å². The van der Waals surface area contributed by atoms with Gasteiger partial charge in [0.05, 0.1) is 13.2 Å². The molecule has 4 heteroatoms. The number of ether oxygens (including phenoxy) is 1. The van der Waals surface area contributed by atoms with Crippen molar-refractivity contribution >= 4 is 5.91 Å². The summed E-state index contributed by atoms with van der Waals surface area (Å²) in [5.74, 6) is 0.00575. The van der Waals surface area contributed by atoms with Crippen molar-refractivity contribution in [1.29, 1.82) is 0 Å². The first-order valence-electron chi connectivity index (χ1n) is 5.90. The van der Waals surface area contributed by atoms with Crippen molar-refractivity contribution in [3.05, 3.63) is 35.4 Å². The van der Waals surface area contributed by atoms with Crippen LogP contribution in [0.25, 0.3) is 0 Å². The molecule has 1 aromatic rings. The summed E-state index contributed by atoms with van der Waals surface area (Å²) in [7, 11) is 0. The number of amides is 1. The minimum absolute atomic E-state index is 0.00575. The van der Waals surface area contributed by atoms with Gasteiger partial charge in [-0.25, -0.2) is 0 Å². The van der Waals surface area contributed by atoms with Crippen LogP contribution in [0.4, 0.5) is 0 Å². The van der Waals surface area contributed by atoms with Crippen molar-refractivity contribution in [2.75, 3.05) is 19.8 Å². The summed E-state index contributed by atoms with van der Waals surface area (Å²) in [6.45, 7) is 4.49. The lowest BCUT2D eigenvalue weighted by Gasteiger charge is -2.22.